The Kier molecular flexibility index (Phi) is 5.87. The Labute approximate surface area is 125 Å². The zero-order valence-corrected chi connectivity index (χ0v) is 12.6. The van der Waals surface area contributed by atoms with Crippen molar-refractivity contribution in [3.05, 3.63) is 24.3 Å². The fraction of sp³-hybridized carbons (Fsp3) is 0.562. The monoisotopic (exact) mass is 293 g/mol. The summed E-state index contributed by atoms with van der Waals surface area (Å²) in [6, 6.07) is 7.22. The highest BCUT2D eigenvalue weighted by atomic mass is 16.5. The molecule has 5 nitrogen and oxygen atoms in total. The Morgan fingerprint density at radius 2 is 2.10 bits per heavy atom. The van der Waals surface area contributed by atoms with Gasteiger partial charge in [0.05, 0.1) is 13.2 Å². The molecule has 1 fully saturated rings. The van der Waals surface area contributed by atoms with Gasteiger partial charge in [-0.2, -0.15) is 0 Å². The van der Waals surface area contributed by atoms with Crippen molar-refractivity contribution >= 4 is 5.91 Å². The Morgan fingerprint density at radius 3 is 2.67 bits per heavy atom. The van der Waals surface area contributed by atoms with E-state index in [-0.39, 0.29) is 12.0 Å². The minimum Gasteiger partial charge on any atom is -0.497 e. The van der Waals surface area contributed by atoms with E-state index in [0.717, 1.165) is 25.2 Å². The van der Waals surface area contributed by atoms with Crippen molar-refractivity contribution in [2.75, 3.05) is 20.3 Å². The predicted octanol–water partition coefficient (Wildman–Crippen LogP) is 2.15. The van der Waals surface area contributed by atoms with Crippen LogP contribution in [0.3, 0.4) is 0 Å². The van der Waals surface area contributed by atoms with Crippen LogP contribution in [0.15, 0.2) is 24.3 Å². The Hall–Kier alpha value is -1.75. The standard InChI is InChI=1S/C16H23NO4/c1-3-15(16(18)17-11-14-5-4-10-20-14)21-13-8-6-12(19-2)7-9-13/h6-9,14-15H,3-5,10-11H2,1-2H3,(H,17,18)/t14-,15+/m1/s1. The maximum atomic E-state index is 12.1. The van der Waals surface area contributed by atoms with Gasteiger partial charge in [-0.3, -0.25) is 4.79 Å². The van der Waals surface area contributed by atoms with Gasteiger partial charge >= 0.3 is 0 Å². The molecule has 1 aromatic carbocycles. The van der Waals surface area contributed by atoms with Crippen LogP contribution in [0.25, 0.3) is 0 Å². The van der Waals surface area contributed by atoms with Gasteiger partial charge in [0.2, 0.25) is 0 Å². The number of rotatable bonds is 7. The van der Waals surface area contributed by atoms with E-state index in [9.17, 15) is 4.79 Å². The Balaban J connectivity index is 1.83. The normalized spacial score (nSPS) is 19.0. The number of carbonyl (C=O) groups excluding carboxylic acids is 1. The van der Waals surface area contributed by atoms with Crippen LogP contribution in [-0.2, 0) is 9.53 Å². The second-order valence-corrected chi connectivity index (χ2v) is 5.07. The highest BCUT2D eigenvalue weighted by molar-refractivity contribution is 5.81. The summed E-state index contributed by atoms with van der Waals surface area (Å²) < 4.78 is 16.3. The number of nitrogens with one attached hydrogen (secondary N) is 1. The molecule has 1 heterocycles. The lowest BCUT2D eigenvalue weighted by atomic mass is 10.2. The van der Waals surface area contributed by atoms with E-state index in [2.05, 4.69) is 5.32 Å². The minimum absolute atomic E-state index is 0.0937. The number of hydrogen-bond donors (Lipinski definition) is 1. The van der Waals surface area contributed by atoms with E-state index in [1.807, 2.05) is 19.1 Å². The van der Waals surface area contributed by atoms with Gasteiger partial charge in [-0.25, -0.2) is 0 Å². The molecular formula is C16H23NO4. The molecule has 5 heteroatoms. The maximum Gasteiger partial charge on any atom is 0.261 e. The van der Waals surface area contributed by atoms with Crippen LogP contribution in [0.5, 0.6) is 11.5 Å². The van der Waals surface area contributed by atoms with E-state index in [4.69, 9.17) is 14.2 Å². The van der Waals surface area contributed by atoms with Crippen LogP contribution in [0.2, 0.25) is 0 Å². The topological polar surface area (TPSA) is 56.8 Å². The second kappa shape index (κ2) is 7.88. The van der Waals surface area contributed by atoms with E-state index in [0.29, 0.717) is 18.7 Å². The molecule has 1 amide bonds. The molecule has 1 aliphatic rings. The summed E-state index contributed by atoms with van der Waals surface area (Å²) in [6.45, 7) is 3.28. The molecule has 2 atom stereocenters. The summed E-state index contributed by atoms with van der Waals surface area (Å²) in [4.78, 5) is 12.1. The third-order valence-electron chi connectivity index (χ3n) is 3.53. The molecular weight excluding hydrogens is 270 g/mol. The summed E-state index contributed by atoms with van der Waals surface area (Å²) in [6.07, 6.45) is 2.35. The lowest BCUT2D eigenvalue weighted by molar-refractivity contribution is -0.128. The van der Waals surface area contributed by atoms with Gasteiger partial charge in [0.25, 0.3) is 5.91 Å². The van der Waals surface area contributed by atoms with Gasteiger partial charge in [0.15, 0.2) is 6.10 Å². The predicted molar refractivity (Wildman–Crippen MR) is 79.7 cm³/mol. The largest absolute Gasteiger partial charge is 0.497 e. The third kappa shape index (κ3) is 4.63. The minimum atomic E-state index is -0.486. The molecule has 21 heavy (non-hydrogen) atoms. The van der Waals surface area contributed by atoms with Crippen molar-refractivity contribution in [3.63, 3.8) is 0 Å². The summed E-state index contributed by atoms with van der Waals surface area (Å²) in [5.74, 6) is 1.33. The van der Waals surface area contributed by atoms with Crippen molar-refractivity contribution in [2.45, 2.75) is 38.4 Å². The third-order valence-corrected chi connectivity index (χ3v) is 3.53. The zero-order chi connectivity index (χ0) is 15.1. The fourth-order valence-corrected chi connectivity index (χ4v) is 2.27. The highest BCUT2D eigenvalue weighted by Crippen LogP contribution is 2.19. The summed E-state index contributed by atoms with van der Waals surface area (Å²) >= 11 is 0. The van der Waals surface area contributed by atoms with Crippen molar-refractivity contribution in [3.8, 4) is 11.5 Å². The van der Waals surface area contributed by atoms with Crippen molar-refractivity contribution in [1.29, 1.82) is 0 Å². The number of methoxy groups -OCH3 is 1. The summed E-state index contributed by atoms with van der Waals surface area (Å²) in [5, 5.41) is 2.90. The van der Waals surface area contributed by atoms with E-state index in [1.54, 1.807) is 19.2 Å². The number of carbonyl (C=O) groups is 1. The van der Waals surface area contributed by atoms with Crippen molar-refractivity contribution in [2.24, 2.45) is 0 Å². The molecule has 1 saturated heterocycles. The maximum absolute atomic E-state index is 12.1. The molecule has 0 aliphatic carbocycles. The van der Waals surface area contributed by atoms with Gasteiger partial charge < -0.3 is 19.5 Å². The zero-order valence-electron chi connectivity index (χ0n) is 12.6. The molecule has 0 saturated carbocycles. The number of hydrogen-bond acceptors (Lipinski definition) is 4. The molecule has 0 unspecified atom stereocenters. The summed E-state index contributed by atoms with van der Waals surface area (Å²) in [7, 11) is 1.61. The highest BCUT2D eigenvalue weighted by Gasteiger charge is 2.21. The number of ether oxygens (including phenoxy) is 3. The van der Waals surface area contributed by atoms with E-state index in [1.165, 1.54) is 0 Å². The quantitative estimate of drug-likeness (QED) is 0.837. The lowest BCUT2D eigenvalue weighted by Gasteiger charge is -2.18. The van der Waals surface area contributed by atoms with Crippen LogP contribution in [-0.4, -0.2) is 38.4 Å². The first-order valence-electron chi connectivity index (χ1n) is 7.43. The van der Waals surface area contributed by atoms with Crippen LogP contribution >= 0.6 is 0 Å². The van der Waals surface area contributed by atoms with Gasteiger partial charge in [0, 0.05) is 13.2 Å². The average molecular weight is 293 g/mol. The van der Waals surface area contributed by atoms with E-state index < -0.39 is 6.10 Å². The molecule has 0 aromatic heterocycles. The van der Waals surface area contributed by atoms with Gasteiger partial charge in [0.1, 0.15) is 11.5 Å². The van der Waals surface area contributed by atoms with Gasteiger partial charge in [-0.05, 0) is 43.5 Å². The van der Waals surface area contributed by atoms with Crippen molar-refractivity contribution < 1.29 is 19.0 Å². The van der Waals surface area contributed by atoms with Crippen LogP contribution in [0, 0.1) is 0 Å². The molecule has 2 rings (SSSR count). The van der Waals surface area contributed by atoms with Crippen molar-refractivity contribution in [1.82, 2.24) is 5.32 Å². The Bertz CT molecular complexity index is 440. The van der Waals surface area contributed by atoms with Gasteiger partial charge in [-0.1, -0.05) is 6.92 Å². The second-order valence-electron chi connectivity index (χ2n) is 5.07. The number of amides is 1. The fourth-order valence-electron chi connectivity index (χ4n) is 2.27. The first-order valence-corrected chi connectivity index (χ1v) is 7.43. The first kappa shape index (κ1) is 15.6. The molecule has 0 bridgehead atoms. The lowest BCUT2D eigenvalue weighted by Crippen LogP contribution is -2.41. The Morgan fingerprint density at radius 1 is 1.38 bits per heavy atom. The van der Waals surface area contributed by atoms with Gasteiger partial charge in [-0.15, -0.1) is 0 Å². The molecule has 0 spiro atoms. The molecule has 1 N–H and O–H groups in total. The molecule has 1 aromatic rings. The molecule has 116 valence electrons. The van der Waals surface area contributed by atoms with Crippen LogP contribution in [0.4, 0.5) is 0 Å². The smallest absolute Gasteiger partial charge is 0.261 e. The van der Waals surface area contributed by atoms with E-state index >= 15 is 0 Å². The molecule has 0 radical (unpaired) electrons. The average Bonchev–Trinajstić information content (AvgIpc) is 3.04. The summed E-state index contributed by atoms with van der Waals surface area (Å²) in [5.41, 5.74) is 0. The van der Waals surface area contributed by atoms with Crippen LogP contribution < -0.4 is 14.8 Å². The number of benzene rings is 1. The first-order chi connectivity index (χ1) is 10.2. The SMILES string of the molecule is CC[C@H](Oc1ccc(OC)cc1)C(=O)NC[C@H]1CCCO1. The molecule has 1 aliphatic heterocycles. The van der Waals surface area contributed by atoms with Crippen LogP contribution in [0.1, 0.15) is 26.2 Å².